The molecule has 0 spiro atoms. The molecule has 0 saturated heterocycles. The van der Waals surface area contributed by atoms with Crippen LogP contribution in [0.1, 0.15) is 57.4 Å². The molecular formula is C21H29N. The zero-order valence-corrected chi connectivity index (χ0v) is 13.9. The topological polar surface area (TPSA) is 12.0 Å². The van der Waals surface area contributed by atoms with E-state index < -0.39 is 0 Å². The lowest BCUT2D eigenvalue weighted by Crippen LogP contribution is -1.96. The Morgan fingerprint density at radius 2 is 1.32 bits per heavy atom. The number of nitrogens with one attached hydrogen (secondary N) is 1. The van der Waals surface area contributed by atoms with Crippen molar-refractivity contribution in [2.45, 2.75) is 58.3 Å². The normalized spacial score (nSPS) is 10.6. The number of anilines is 2. The molecule has 22 heavy (non-hydrogen) atoms. The third-order valence-corrected chi connectivity index (χ3v) is 4.12. The second-order valence-corrected chi connectivity index (χ2v) is 6.02. The average Bonchev–Trinajstić information content (AvgIpc) is 2.56. The molecule has 0 aliphatic rings. The van der Waals surface area contributed by atoms with E-state index in [0.717, 1.165) is 5.69 Å². The van der Waals surface area contributed by atoms with Crippen LogP contribution in [0.2, 0.25) is 0 Å². The number of hydrogen-bond acceptors (Lipinski definition) is 1. The number of hydrogen-bond donors (Lipinski definition) is 1. The minimum absolute atomic E-state index is 1.16. The van der Waals surface area contributed by atoms with E-state index in [0.29, 0.717) is 0 Å². The molecule has 0 heterocycles. The van der Waals surface area contributed by atoms with Gasteiger partial charge in [0.1, 0.15) is 0 Å². The van der Waals surface area contributed by atoms with Crippen LogP contribution >= 0.6 is 0 Å². The summed E-state index contributed by atoms with van der Waals surface area (Å²) in [6.07, 6.45) is 10.7. The average molecular weight is 295 g/mol. The van der Waals surface area contributed by atoms with Crippen LogP contribution < -0.4 is 5.32 Å². The molecule has 118 valence electrons. The lowest BCUT2D eigenvalue weighted by Gasteiger charge is -2.12. The van der Waals surface area contributed by atoms with E-state index in [-0.39, 0.29) is 0 Å². The van der Waals surface area contributed by atoms with Gasteiger partial charge >= 0.3 is 0 Å². The Labute approximate surface area is 135 Å². The number of aryl methyl sites for hydroxylation is 1. The fraction of sp³-hybridized carbons (Fsp3) is 0.429. The first-order chi connectivity index (χ1) is 10.9. The van der Waals surface area contributed by atoms with E-state index in [1.807, 2.05) is 0 Å². The Morgan fingerprint density at radius 1 is 0.682 bits per heavy atom. The summed E-state index contributed by atoms with van der Waals surface area (Å²) in [4.78, 5) is 0. The van der Waals surface area contributed by atoms with Gasteiger partial charge in [-0.05, 0) is 36.6 Å². The molecule has 0 aliphatic carbocycles. The molecule has 0 aliphatic heterocycles. The van der Waals surface area contributed by atoms with Crippen molar-refractivity contribution in [1.29, 1.82) is 0 Å². The first-order valence-electron chi connectivity index (χ1n) is 8.80. The van der Waals surface area contributed by atoms with Gasteiger partial charge in [-0.2, -0.15) is 0 Å². The Bertz CT molecular complexity index is 518. The minimum atomic E-state index is 1.16. The Kier molecular flexibility index (Phi) is 7.59. The first-order valence-corrected chi connectivity index (χ1v) is 8.80. The summed E-state index contributed by atoms with van der Waals surface area (Å²) in [5, 5.41) is 3.54. The second kappa shape index (κ2) is 10.0. The van der Waals surface area contributed by atoms with Crippen LogP contribution in [0.25, 0.3) is 0 Å². The molecular weight excluding hydrogens is 266 g/mol. The molecule has 0 unspecified atom stereocenters. The van der Waals surface area contributed by atoms with Gasteiger partial charge < -0.3 is 5.32 Å². The van der Waals surface area contributed by atoms with Crippen LogP contribution in [0.5, 0.6) is 0 Å². The molecule has 0 bridgehead atoms. The van der Waals surface area contributed by atoms with Crippen LogP contribution in [-0.2, 0) is 6.42 Å². The van der Waals surface area contributed by atoms with Gasteiger partial charge in [0.25, 0.3) is 0 Å². The molecule has 0 fully saturated rings. The Balaban J connectivity index is 1.79. The molecule has 0 radical (unpaired) electrons. The third-order valence-electron chi connectivity index (χ3n) is 4.12. The highest BCUT2D eigenvalue weighted by atomic mass is 14.9. The minimum Gasteiger partial charge on any atom is -0.355 e. The maximum absolute atomic E-state index is 3.54. The summed E-state index contributed by atoms with van der Waals surface area (Å²) >= 11 is 0. The molecule has 1 nitrogen and oxygen atoms in total. The smallest absolute Gasteiger partial charge is 0.0416 e. The predicted molar refractivity (Wildman–Crippen MR) is 97.9 cm³/mol. The number of benzene rings is 2. The summed E-state index contributed by atoms with van der Waals surface area (Å²) in [6, 6.07) is 19.1. The molecule has 2 aromatic rings. The molecule has 0 amide bonds. The molecule has 1 N–H and O–H groups in total. The quantitative estimate of drug-likeness (QED) is 0.479. The van der Waals surface area contributed by atoms with Gasteiger partial charge in [0, 0.05) is 11.4 Å². The van der Waals surface area contributed by atoms with Gasteiger partial charge in [-0.25, -0.2) is 0 Å². The van der Waals surface area contributed by atoms with Crippen LogP contribution in [0.15, 0.2) is 54.6 Å². The molecule has 0 aromatic heterocycles. The van der Waals surface area contributed by atoms with E-state index in [9.17, 15) is 0 Å². The Hall–Kier alpha value is -1.76. The summed E-state index contributed by atoms with van der Waals surface area (Å²) < 4.78 is 0. The maximum atomic E-state index is 3.54. The van der Waals surface area contributed by atoms with E-state index in [1.165, 1.54) is 62.6 Å². The summed E-state index contributed by atoms with van der Waals surface area (Å²) in [6.45, 7) is 2.27. The molecule has 0 saturated carbocycles. The molecule has 1 heteroatoms. The second-order valence-electron chi connectivity index (χ2n) is 6.02. The van der Waals surface area contributed by atoms with Gasteiger partial charge in [-0.3, -0.25) is 0 Å². The predicted octanol–water partition coefficient (Wildman–Crippen LogP) is 6.72. The summed E-state index contributed by atoms with van der Waals surface area (Å²) in [7, 11) is 0. The monoisotopic (exact) mass is 295 g/mol. The zero-order chi connectivity index (χ0) is 15.5. The van der Waals surface area contributed by atoms with Crippen LogP contribution in [-0.4, -0.2) is 0 Å². The van der Waals surface area contributed by atoms with Crippen molar-refractivity contribution in [2.75, 3.05) is 5.32 Å². The van der Waals surface area contributed by atoms with Crippen molar-refractivity contribution < 1.29 is 0 Å². The molecule has 2 rings (SSSR count). The highest BCUT2D eigenvalue weighted by molar-refractivity contribution is 5.62. The van der Waals surface area contributed by atoms with Crippen molar-refractivity contribution in [3.8, 4) is 0 Å². The highest BCUT2D eigenvalue weighted by Crippen LogP contribution is 2.22. The molecule has 2 aromatic carbocycles. The maximum Gasteiger partial charge on any atom is 0.0416 e. The number of para-hydroxylation sites is 2. The van der Waals surface area contributed by atoms with Gasteiger partial charge in [0.15, 0.2) is 0 Å². The van der Waals surface area contributed by atoms with E-state index in [1.54, 1.807) is 0 Å². The summed E-state index contributed by atoms with van der Waals surface area (Å²) in [5.74, 6) is 0. The van der Waals surface area contributed by atoms with Crippen molar-refractivity contribution in [1.82, 2.24) is 0 Å². The molecule has 0 atom stereocenters. The fourth-order valence-electron chi connectivity index (χ4n) is 2.81. The van der Waals surface area contributed by atoms with E-state index >= 15 is 0 Å². The third kappa shape index (κ3) is 5.93. The van der Waals surface area contributed by atoms with Crippen LogP contribution in [0.4, 0.5) is 11.4 Å². The van der Waals surface area contributed by atoms with Crippen molar-refractivity contribution in [2.24, 2.45) is 0 Å². The lowest BCUT2D eigenvalue weighted by atomic mass is 10.0. The van der Waals surface area contributed by atoms with Crippen molar-refractivity contribution in [3.63, 3.8) is 0 Å². The van der Waals surface area contributed by atoms with Gasteiger partial charge in [0.05, 0.1) is 0 Å². The largest absolute Gasteiger partial charge is 0.355 e. The van der Waals surface area contributed by atoms with Crippen molar-refractivity contribution >= 4 is 11.4 Å². The lowest BCUT2D eigenvalue weighted by molar-refractivity contribution is 0.589. The van der Waals surface area contributed by atoms with Crippen molar-refractivity contribution in [3.05, 3.63) is 60.2 Å². The van der Waals surface area contributed by atoms with E-state index in [2.05, 4.69) is 66.8 Å². The number of rotatable bonds is 10. The zero-order valence-electron chi connectivity index (χ0n) is 13.9. The van der Waals surface area contributed by atoms with Crippen LogP contribution in [0, 0.1) is 0 Å². The standard InChI is InChI=1S/C21H29N/c1-2-3-4-5-6-7-9-14-19-15-12-13-18-21(19)22-20-16-10-8-11-17-20/h8,10-13,15-18,22H,2-7,9,14H2,1H3. The number of unbranched alkanes of at least 4 members (excludes halogenated alkanes) is 6. The summed E-state index contributed by atoms with van der Waals surface area (Å²) in [5.41, 5.74) is 3.84. The van der Waals surface area contributed by atoms with Gasteiger partial charge in [0.2, 0.25) is 0 Å². The van der Waals surface area contributed by atoms with E-state index in [4.69, 9.17) is 0 Å². The first kappa shape index (κ1) is 16.6. The van der Waals surface area contributed by atoms with Gasteiger partial charge in [-0.15, -0.1) is 0 Å². The van der Waals surface area contributed by atoms with Crippen LogP contribution in [0.3, 0.4) is 0 Å². The SMILES string of the molecule is CCCCCCCCCc1ccccc1Nc1ccccc1. The van der Waals surface area contributed by atoms with Gasteiger partial charge in [-0.1, -0.05) is 81.8 Å². The Morgan fingerprint density at radius 3 is 2.09 bits per heavy atom. The fourth-order valence-corrected chi connectivity index (χ4v) is 2.81. The highest BCUT2D eigenvalue weighted by Gasteiger charge is 2.02.